The highest BCUT2D eigenvalue weighted by atomic mass is 127. The van der Waals surface area contributed by atoms with Crippen LogP contribution in [0.15, 0.2) is 108 Å². The zero-order valence-corrected chi connectivity index (χ0v) is 25.9. The van der Waals surface area contributed by atoms with Gasteiger partial charge < -0.3 is 52.4 Å². The third-order valence-electron chi connectivity index (χ3n) is 7.79. The lowest BCUT2D eigenvalue weighted by atomic mass is 9.90. The molecule has 3 nitrogen and oxygen atoms in total. The third kappa shape index (κ3) is 3.97. The summed E-state index contributed by atoms with van der Waals surface area (Å²) >= 11 is 0. The number of hydrogen-bond acceptors (Lipinski definition) is 1. The van der Waals surface area contributed by atoms with E-state index in [1.807, 2.05) is 18.5 Å². The first kappa shape index (κ1) is 26.7. The molecule has 5 aromatic carbocycles. The molecule has 0 amide bonds. The van der Waals surface area contributed by atoms with Crippen molar-refractivity contribution < 1.29 is 62.3 Å². The second-order valence-electron chi connectivity index (χ2n) is 9.96. The highest BCUT2D eigenvalue weighted by Gasteiger charge is 2.24. The van der Waals surface area contributed by atoms with Gasteiger partial charge in [0.05, 0.1) is 16.3 Å². The summed E-state index contributed by atoms with van der Waals surface area (Å²) in [7, 11) is 0. The molecule has 8 aromatic rings. The van der Waals surface area contributed by atoms with E-state index in [0.717, 1.165) is 27.8 Å². The lowest BCUT2D eigenvalue weighted by Crippen LogP contribution is -3.00. The molecule has 3 heterocycles. The van der Waals surface area contributed by atoms with Crippen molar-refractivity contribution in [2.24, 2.45) is 0 Å². The molecular weight excluding hydrogens is 718 g/mol. The van der Waals surface area contributed by atoms with Gasteiger partial charge in [-0.05, 0) is 59.3 Å². The Balaban J connectivity index is 0.00000145. The van der Waals surface area contributed by atoms with Crippen LogP contribution in [-0.4, -0.2) is 0 Å². The predicted molar refractivity (Wildman–Crippen MR) is 156 cm³/mol. The van der Waals surface area contributed by atoms with E-state index in [1.54, 1.807) is 0 Å². The van der Waals surface area contributed by atoms with E-state index in [-0.39, 0.29) is 48.0 Å². The number of benzene rings is 5. The van der Waals surface area contributed by atoms with Crippen molar-refractivity contribution in [1.29, 1.82) is 0 Å². The van der Waals surface area contributed by atoms with Gasteiger partial charge in [-0.15, -0.1) is 0 Å². The molecule has 0 atom stereocenters. The average molecular weight is 742 g/mol. The van der Waals surface area contributed by atoms with Crippen molar-refractivity contribution in [3.63, 3.8) is 0 Å². The SMILES string of the molecule is Cc1cc2oc3c4ccccc4cc4c5ccc[nH+]c5c(c1/C=C/c1ccccc1-c1cccc[nH+]1)c2c43.[I-].[I-]. The molecule has 2 N–H and O–H groups in total. The molecule has 0 aliphatic heterocycles. The van der Waals surface area contributed by atoms with Crippen LogP contribution in [0.25, 0.3) is 77.8 Å². The van der Waals surface area contributed by atoms with Gasteiger partial charge in [0.2, 0.25) is 11.2 Å². The summed E-state index contributed by atoms with van der Waals surface area (Å²) in [5.41, 5.74) is 8.86. The van der Waals surface area contributed by atoms with E-state index in [0.29, 0.717) is 0 Å². The topological polar surface area (TPSA) is 41.4 Å². The molecule has 0 aliphatic carbocycles. The molecule has 0 bridgehead atoms. The lowest BCUT2D eigenvalue weighted by Gasteiger charge is -2.10. The van der Waals surface area contributed by atoms with Crippen LogP contribution in [0.3, 0.4) is 0 Å². The molecule has 5 heteroatoms. The molecule has 0 unspecified atom stereocenters. The molecule has 0 radical (unpaired) electrons. The molecule has 40 heavy (non-hydrogen) atoms. The van der Waals surface area contributed by atoms with Crippen molar-refractivity contribution in [3.05, 3.63) is 120 Å². The van der Waals surface area contributed by atoms with E-state index in [1.165, 1.54) is 54.6 Å². The van der Waals surface area contributed by atoms with Crippen molar-refractivity contribution in [3.8, 4) is 11.3 Å². The maximum atomic E-state index is 6.63. The first-order valence-electron chi connectivity index (χ1n) is 12.9. The summed E-state index contributed by atoms with van der Waals surface area (Å²) in [6.45, 7) is 2.18. The first-order valence-corrected chi connectivity index (χ1v) is 12.9. The monoisotopic (exact) mass is 742 g/mol. The van der Waals surface area contributed by atoms with Gasteiger partial charge in [0.1, 0.15) is 11.2 Å². The number of furan rings is 1. The van der Waals surface area contributed by atoms with Gasteiger partial charge in [0.15, 0.2) is 12.4 Å². The summed E-state index contributed by atoms with van der Waals surface area (Å²) in [4.78, 5) is 6.98. The minimum atomic E-state index is 0. The Bertz CT molecular complexity index is 2200. The van der Waals surface area contributed by atoms with Crippen LogP contribution in [0.5, 0.6) is 0 Å². The number of aromatic amines is 2. The Kier molecular flexibility index (Phi) is 6.96. The van der Waals surface area contributed by atoms with Crippen LogP contribution in [0.1, 0.15) is 16.7 Å². The normalized spacial score (nSPS) is 11.6. The van der Waals surface area contributed by atoms with E-state index in [4.69, 9.17) is 4.42 Å². The molecule has 0 saturated carbocycles. The summed E-state index contributed by atoms with van der Waals surface area (Å²) in [5.74, 6) is 0. The second-order valence-corrected chi connectivity index (χ2v) is 9.96. The largest absolute Gasteiger partial charge is 1.00 e. The summed E-state index contributed by atoms with van der Waals surface area (Å²) in [5, 5.41) is 8.37. The van der Waals surface area contributed by atoms with Crippen molar-refractivity contribution in [2.45, 2.75) is 6.92 Å². The van der Waals surface area contributed by atoms with Gasteiger partial charge in [-0.25, -0.2) is 9.97 Å². The maximum Gasteiger partial charge on any atom is 0.220 e. The standard InChI is InChI=1S/C35H22N2O.2HI/c1-21-19-30-33-31(24(21)16-15-22-9-2-4-11-25(22)29-14-6-7-17-36-29)34-27(13-8-18-37-34)28-20-23-10-3-5-12-26(23)35(38-30)32(28)33;;/h2-20H,1H3;2*1H/b16-15+;;. The van der Waals surface area contributed by atoms with Crippen LogP contribution < -0.4 is 57.9 Å². The van der Waals surface area contributed by atoms with Crippen LogP contribution in [0.2, 0.25) is 0 Å². The van der Waals surface area contributed by atoms with Crippen LogP contribution in [0, 0.1) is 6.92 Å². The summed E-state index contributed by atoms with van der Waals surface area (Å²) in [6.07, 6.45) is 8.48. The fourth-order valence-electron chi connectivity index (χ4n) is 6.09. The van der Waals surface area contributed by atoms with E-state index >= 15 is 0 Å². The summed E-state index contributed by atoms with van der Waals surface area (Å²) in [6, 6.07) is 32.0. The van der Waals surface area contributed by atoms with E-state index in [9.17, 15) is 0 Å². The quantitative estimate of drug-likeness (QED) is 0.119. The number of H-pyrrole nitrogens is 2. The van der Waals surface area contributed by atoms with Gasteiger partial charge >= 0.3 is 0 Å². The molecule has 3 aromatic heterocycles. The maximum absolute atomic E-state index is 6.63. The fraction of sp³-hybridized carbons (Fsp3) is 0.0286. The molecular formula is C35H24I2N2O. The number of aryl methyl sites for hydroxylation is 1. The molecule has 8 rings (SSSR count). The molecule has 0 saturated heterocycles. The smallest absolute Gasteiger partial charge is 0.220 e. The second kappa shape index (κ2) is 10.4. The van der Waals surface area contributed by atoms with Gasteiger partial charge in [0.25, 0.3) is 0 Å². The van der Waals surface area contributed by atoms with Crippen molar-refractivity contribution in [2.75, 3.05) is 0 Å². The Morgan fingerprint density at radius 3 is 2.30 bits per heavy atom. The Labute approximate surface area is 265 Å². The number of fused-ring (bicyclic) bond motifs is 5. The average Bonchev–Trinajstić information content (AvgIpc) is 3.35. The number of nitrogens with one attached hydrogen (secondary N) is 2. The van der Waals surface area contributed by atoms with Crippen LogP contribution in [-0.2, 0) is 0 Å². The minimum absolute atomic E-state index is 0. The molecule has 0 fully saturated rings. The Hall–Kier alpha value is -3.56. The van der Waals surface area contributed by atoms with Crippen LogP contribution in [0.4, 0.5) is 0 Å². The zero-order chi connectivity index (χ0) is 25.2. The fourth-order valence-corrected chi connectivity index (χ4v) is 6.09. The van der Waals surface area contributed by atoms with Gasteiger partial charge in [-0.2, -0.15) is 0 Å². The molecule has 0 aliphatic rings. The number of rotatable bonds is 3. The highest BCUT2D eigenvalue weighted by molar-refractivity contribution is 6.36. The molecule has 194 valence electrons. The highest BCUT2D eigenvalue weighted by Crippen LogP contribution is 2.46. The van der Waals surface area contributed by atoms with Gasteiger partial charge in [-0.1, -0.05) is 54.6 Å². The minimum Gasteiger partial charge on any atom is -1.00 e. The lowest BCUT2D eigenvalue weighted by molar-refractivity contribution is -0.364. The Morgan fingerprint density at radius 1 is 0.650 bits per heavy atom. The van der Waals surface area contributed by atoms with Gasteiger partial charge in [-0.3, -0.25) is 0 Å². The Morgan fingerprint density at radius 2 is 1.43 bits per heavy atom. The van der Waals surface area contributed by atoms with E-state index in [2.05, 4.69) is 114 Å². The first-order chi connectivity index (χ1) is 18.8. The number of aromatic nitrogens is 2. The van der Waals surface area contributed by atoms with Crippen LogP contribution >= 0.6 is 0 Å². The van der Waals surface area contributed by atoms with Crippen molar-refractivity contribution in [1.82, 2.24) is 0 Å². The van der Waals surface area contributed by atoms with E-state index < -0.39 is 0 Å². The third-order valence-corrected chi connectivity index (χ3v) is 7.79. The number of halogens is 2. The molecule has 0 spiro atoms. The van der Waals surface area contributed by atoms with Gasteiger partial charge in [0, 0.05) is 39.7 Å². The predicted octanol–water partition coefficient (Wildman–Crippen LogP) is 2.27. The van der Waals surface area contributed by atoms with Crippen molar-refractivity contribution >= 4 is 66.5 Å². The number of hydrogen-bond donors (Lipinski definition) is 0. The zero-order valence-electron chi connectivity index (χ0n) is 21.6. The number of pyridine rings is 2. The summed E-state index contributed by atoms with van der Waals surface area (Å²) < 4.78 is 6.63.